The molecule has 9 heteroatoms. The second kappa shape index (κ2) is 6.62. The molecule has 0 saturated carbocycles. The number of pyridine rings is 1. The Morgan fingerprint density at radius 1 is 1.27 bits per heavy atom. The number of hydrogen-bond donors (Lipinski definition) is 1. The molecular weight excluding hydrogens is 372 g/mol. The number of hydrogen-bond acceptors (Lipinski definition) is 3. The molecule has 1 aromatic carbocycles. The van der Waals surface area contributed by atoms with E-state index in [0.717, 1.165) is 11.6 Å². The average Bonchev–Trinajstić information content (AvgIpc) is 2.96. The van der Waals surface area contributed by atoms with Crippen molar-refractivity contribution in [2.24, 2.45) is 0 Å². The van der Waals surface area contributed by atoms with Gasteiger partial charge in [-0.05, 0) is 48.6 Å². The van der Waals surface area contributed by atoms with Gasteiger partial charge in [0.1, 0.15) is 5.82 Å². The number of nitrogens with one attached hydrogen (secondary N) is 1. The Kier molecular flexibility index (Phi) is 4.78. The van der Waals surface area contributed by atoms with Crippen molar-refractivity contribution in [1.82, 2.24) is 9.71 Å². The van der Waals surface area contributed by atoms with Gasteiger partial charge in [-0.2, -0.15) is 13.2 Å². The molecule has 0 spiro atoms. The third-order valence-corrected chi connectivity index (χ3v) is 5.84. The third-order valence-electron chi connectivity index (χ3n) is 4.44. The SMILES string of the molecule is CCS(=O)(=O)N[C@@H]1CCc2c(-c3ccc(C(F)(F)F)c(F)c3)cncc21. The molecule has 4 nitrogen and oxygen atoms in total. The number of aromatic nitrogens is 1. The molecule has 2 aromatic rings. The highest BCUT2D eigenvalue weighted by Crippen LogP contribution is 2.39. The van der Waals surface area contributed by atoms with E-state index < -0.39 is 33.6 Å². The summed E-state index contributed by atoms with van der Waals surface area (Å²) in [5.74, 6) is -1.41. The normalized spacial score (nSPS) is 17.3. The first-order valence-corrected chi connectivity index (χ1v) is 9.61. The Balaban J connectivity index is 2.00. The van der Waals surface area contributed by atoms with Crippen LogP contribution in [0.15, 0.2) is 30.6 Å². The van der Waals surface area contributed by atoms with Crippen molar-refractivity contribution >= 4 is 10.0 Å². The van der Waals surface area contributed by atoms with Crippen LogP contribution >= 0.6 is 0 Å². The molecule has 0 amide bonds. The van der Waals surface area contributed by atoms with Crippen LogP contribution in [0.4, 0.5) is 17.6 Å². The van der Waals surface area contributed by atoms with E-state index >= 15 is 0 Å². The maximum atomic E-state index is 13.9. The number of rotatable bonds is 4. The maximum Gasteiger partial charge on any atom is 0.419 e. The first-order valence-electron chi connectivity index (χ1n) is 7.96. The highest BCUT2D eigenvalue weighted by atomic mass is 32.2. The Morgan fingerprint density at radius 3 is 2.62 bits per heavy atom. The molecule has 140 valence electrons. The Bertz CT molecular complexity index is 942. The van der Waals surface area contributed by atoms with E-state index in [1.807, 2.05) is 0 Å². The van der Waals surface area contributed by atoms with Crippen molar-refractivity contribution in [2.45, 2.75) is 32.0 Å². The monoisotopic (exact) mass is 388 g/mol. The van der Waals surface area contributed by atoms with Crippen LogP contribution in [0.2, 0.25) is 0 Å². The molecule has 1 atom stereocenters. The number of fused-ring (bicyclic) bond motifs is 1. The molecule has 0 fully saturated rings. The number of benzene rings is 1. The Morgan fingerprint density at radius 2 is 2.00 bits per heavy atom. The largest absolute Gasteiger partial charge is 0.419 e. The van der Waals surface area contributed by atoms with E-state index in [2.05, 4.69) is 9.71 Å². The highest BCUT2D eigenvalue weighted by molar-refractivity contribution is 7.89. The molecule has 0 aliphatic heterocycles. The van der Waals surface area contributed by atoms with Crippen molar-refractivity contribution in [3.63, 3.8) is 0 Å². The Labute approximate surface area is 148 Å². The predicted molar refractivity (Wildman–Crippen MR) is 88.3 cm³/mol. The lowest BCUT2D eigenvalue weighted by Gasteiger charge is -2.15. The van der Waals surface area contributed by atoms with Gasteiger partial charge in [-0.1, -0.05) is 6.07 Å². The van der Waals surface area contributed by atoms with E-state index in [4.69, 9.17) is 0 Å². The van der Waals surface area contributed by atoms with Gasteiger partial charge >= 0.3 is 6.18 Å². The van der Waals surface area contributed by atoms with Gasteiger partial charge in [0.05, 0.1) is 11.3 Å². The summed E-state index contributed by atoms with van der Waals surface area (Å²) >= 11 is 0. The smallest absolute Gasteiger partial charge is 0.264 e. The fourth-order valence-electron chi connectivity index (χ4n) is 3.11. The van der Waals surface area contributed by atoms with Crippen LogP contribution in [-0.4, -0.2) is 19.2 Å². The minimum Gasteiger partial charge on any atom is -0.264 e. The number of halogens is 4. The summed E-state index contributed by atoms with van der Waals surface area (Å²) in [4.78, 5) is 4.06. The molecule has 26 heavy (non-hydrogen) atoms. The van der Waals surface area contributed by atoms with Gasteiger partial charge in [-0.25, -0.2) is 17.5 Å². The van der Waals surface area contributed by atoms with Gasteiger partial charge in [-0.15, -0.1) is 0 Å². The first kappa shape index (κ1) is 18.8. The van der Waals surface area contributed by atoms with Gasteiger partial charge in [0, 0.05) is 24.0 Å². The maximum absolute atomic E-state index is 13.9. The van der Waals surface area contributed by atoms with Gasteiger partial charge in [0.2, 0.25) is 10.0 Å². The van der Waals surface area contributed by atoms with Crippen LogP contribution in [0.25, 0.3) is 11.1 Å². The number of nitrogens with zero attached hydrogens (tertiary/aromatic N) is 1. The van der Waals surface area contributed by atoms with Gasteiger partial charge in [-0.3, -0.25) is 4.98 Å². The molecule has 3 rings (SSSR count). The topological polar surface area (TPSA) is 59.1 Å². The molecular formula is C17H16F4N2O2S. The zero-order chi connectivity index (χ0) is 19.1. The molecule has 1 aliphatic carbocycles. The van der Waals surface area contributed by atoms with Crippen molar-refractivity contribution in [1.29, 1.82) is 0 Å². The van der Waals surface area contributed by atoms with Crippen molar-refractivity contribution in [3.05, 3.63) is 53.1 Å². The fourth-order valence-corrected chi connectivity index (χ4v) is 3.96. The summed E-state index contributed by atoms with van der Waals surface area (Å²) in [6.07, 6.45) is -0.737. The summed E-state index contributed by atoms with van der Waals surface area (Å²) in [6.45, 7) is 1.53. The fraction of sp³-hybridized carbons (Fsp3) is 0.353. The van der Waals surface area contributed by atoms with Crippen molar-refractivity contribution in [2.75, 3.05) is 5.75 Å². The van der Waals surface area contributed by atoms with E-state index in [0.29, 0.717) is 30.0 Å². The zero-order valence-corrected chi connectivity index (χ0v) is 14.6. The van der Waals surface area contributed by atoms with Crippen LogP contribution in [0, 0.1) is 5.82 Å². The van der Waals surface area contributed by atoms with Crippen LogP contribution in [0.5, 0.6) is 0 Å². The van der Waals surface area contributed by atoms with Gasteiger partial charge < -0.3 is 0 Å². The molecule has 0 saturated heterocycles. The second-order valence-electron chi connectivity index (χ2n) is 6.06. The standard InChI is InChI=1S/C17H16F4N2O2S/c1-2-26(24,25)23-16-6-4-11-12(8-22-9-13(11)16)10-3-5-14(15(18)7-10)17(19,20)21/h3,5,7-9,16,23H,2,4,6H2,1H3/t16-/m1/s1. The lowest BCUT2D eigenvalue weighted by molar-refractivity contribution is -0.139. The third kappa shape index (κ3) is 3.59. The zero-order valence-electron chi connectivity index (χ0n) is 13.8. The minimum absolute atomic E-state index is 0.0595. The van der Waals surface area contributed by atoms with Crippen LogP contribution in [-0.2, 0) is 22.6 Å². The Hall–Kier alpha value is -2.00. The van der Waals surface area contributed by atoms with Gasteiger partial charge in [0.25, 0.3) is 0 Å². The number of sulfonamides is 1. The molecule has 1 heterocycles. The molecule has 0 unspecified atom stereocenters. The van der Waals surface area contributed by atoms with E-state index in [9.17, 15) is 26.0 Å². The lowest BCUT2D eigenvalue weighted by Crippen LogP contribution is -2.28. The molecule has 1 aliphatic rings. The van der Waals surface area contributed by atoms with Crippen LogP contribution < -0.4 is 4.72 Å². The number of alkyl halides is 3. The molecule has 0 bridgehead atoms. The molecule has 1 N–H and O–H groups in total. The van der Waals surface area contributed by atoms with Crippen molar-refractivity contribution in [3.8, 4) is 11.1 Å². The second-order valence-corrected chi connectivity index (χ2v) is 8.10. The summed E-state index contributed by atoms with van der Waals surface area (Å²) in [5, 5.41) is 0. The molecule has 1 aromatic heterocycles. The summed E-state index contributed by atoms with van der Waals surface area (Å²) < 4.78 is 78.3. The van der Waals surface area contributed by atoms with E-state index in [1.165, 1.54) is 25.4 Å². The van der Waals surface area contributed by atoms with Crippen LogP contribution in [0.1, 0.15) is 36.1 Å². The molecule has 0 radical (unpaired) electrons. The lowest BCUT2D eigenvalue weighted by atomic mass is 9.98. The summed E-state index contributed by atoms with van der Waals surface area (Å²) in [6, 6.07) is 2.30. The first-order chi connectivity index (χ1) is 12.1. The quantitative estimate of drug-likeness (QED) is 0.810. The minimum atomic E-state index is -4.76. The summed E-state index contributed by atoms with van der Waals surface area (Å²) in [7, 11) is -3.41. The van der Waals surface area contributed by atoms with Crippen LogP contribution in [0.3, 0.4) is 0 Å². The van der Waals surface area contributed by atoms with Gasteiger partial charge in [0.15, 0.2) is 0 Å². The highest BCUT2D eigenvalue weighted by Gasteiger charge is 2.34. The van der Waals surface area contributed by atoms with E-state index in [-0.39, 0.29) is 11.3 Å². The average molecular weight is 388 g/mol. The summed E-state index contributed by atoms with van der Waals surface area (Å²) in [5.41, 5.74) is 0.894. The van der Waals surface area contributed by atoms with E-state index in [1.54, 1.807) is 0 Å². The predicted octanol–water partition coefficient (Wildman–Crippen LogP) is 3.83. The van der Waals surface area contributed by atoms with Crippen molar-refractivity contribution < 1.29 is 26.0 Å².